The molecule has 3 aromatic heterocycles. The van der Waals surface area contributed by atoms with Crippen molar-refractivity contribution >= 4 is 17.9 Å². The van der Waals surface area contributed by atoms with Crippen molar-refractivity contribution in [3.63, 3.8) is 0 Å². The second-order valence-electron chi connectivity index (χ2n) is 34.6. The Bertz CT molecular complexity index is 6970. The van der Waals surface area contributed by atoms with Gasteiger partial charge in [0, 0.05) is 51.6 Å². The number of ether oxygens (including phenoxy) is 6. The summed E-state index contributed by atoms with van der Waals surface area (Å²) in [6.07, 6.45) is 9.68. The van der Waals surface area contributed by atoms with Crippen molar-refractivity contribution in [2.24, 2.45) is 0 Å². The Morgan fingerprint density at radius 3 is 0.779 bits per heavy atom. The van der Waals surface area contributed by atoms with E-state index in [1.165, 1.54) is 37.5 Å². The zero-order valence-electron chi connectivity index (χ0n) is 81.7. The third kappa shape index (κ3) is 27.4. The number of carbonyl (C=O) groups excluding carboxylic acids is 3. The average Bonchev–Trinajstić information content (AvgIpc) is 0.791. The molecule has 3 heterocycles. The van der Waals surface area contributed by atoms with Gasteiger partial charge in [0.05, 0.1) is 36.5 Å². The van der Waals surface area contributed by atoms with Crippen molar-refractivity contribution in [1.82, 2.24) is 44.9 Å². The number of esters is 3. The molecule has 15 aromatic carbocycles. The third-order valence-electron chi connectivity index (χ3n) is 24.2. The summed E-state index contributed by atoms with van der Waals surface area (Å²) in [5, 5.41) is 33.5. The van der Waals surface area contributed by atoms with Crippen LogP contribution in [0.25, 0.3) is 169 Å². The summed E-state index contributed by atoms with van der Waals surface area (Å²) in [7, 11) is 0. The number of carbonyl (C=O) groups is 3. The van der Waals surface area contributed by atoms with Crippen LogP contribution in [0, 0.1) is 0 Å². The van der Waals surface area contributed by atoms with Gasteiger partial charge in [0.2, 0.25) is 0 Å². The minimum absolute atomic E-state index is 0.0713. The predicted molar refractivity (Wildman–Crippen MR) is 572 cm³/mol. The van der Waals surface area contributed by atoms with Crippen molar-refractivity contribution in [3.05, 3.63) is 382 Å². The molecule has 0 aliphatic heterocycles. The lowest BCUT2D eigenvalue weighted by molar-refractivity contribution is -0.152. The van der Waals surface area contributed by atoms with Crippen LogP contribution in [-0.4, -0.2) is 117 Å². The number of phenolic OH excluding ortho intramolecular Hbond substituents is 3. The second-order valence-corrected chi connectivity index (χ2v) is 34.6. The van der Waals surface area contributed by atoms with Gasteiger partial charge in [-0.05, 0) is 143 Å². The topological polar surface area (TPSA) is 283 Å². The van der Waals surface area contributed by atoms with Gasteiger partial charge in [0.25, 0.3) is 0 Å². The van der Waals surface area contributed by atoms with Crippen LogP contribution in [0.1, 0.15) is 105 Å². The van der Waals surface area contributed by atoms with E-state index in [4.69, 9.17) is 73.3 Å². The SMILES string of the molecule is CCCCCCC(Oc1ccc(-c2nc(-c3ccc(-c4ccccc4)cc3)nc(-c3ccc(-c4ccccc4)cc3)n2)c(O)c1)C(=O)OCC.CCCCCCCCOC(=O)COc1ccc(-c2nc(-c3ccc(-c4ccccc4)cc3)nc(-c3ccc(-c4ccccc4)cc3)n2)c(O)c1.CCOC(=O)C(C)Oc1ccc(-c2nc(-c3ccc(-c4ccccc4)cc3)nc(-c3ccc(-c4ccccc4)cc3)n2)c(O)c1. The number of benzene rings is 15. The van der Waals surface area contributed by atoms with Crippen LogP contribution in [0.4, 0.5) is 0 Å². The summed E-state index contributed by atoms with van der Waals surface area (Å²) in [6.45, 7) is 10.1. The monoisotopic (exact) mass is 1920 g/mol. The molecule has 0 bridgehead atoms. The Labute approximate surface area is 845 Å². The Balaban J connectivity index is 0.000000156. The molecule has 0 aliphatic rings. The number of hydrogen-bond acceptors (Lipinski definition) is 21. The molecule has 0 saturated carbocycles. The normalized spacial score (nSPS) is 11.3. The number of rotatable bonds is 38. The summed E-state index contributed by atoms with van der Waals surface area (Å²) in [5.74, 6) is 3.23. The van der Waals surface area contributed by atoms with E-state index in [2.05, 4.69) is 86.6 Å². The standard InChI is InChI=1S/2C43H41N3O4.C38H31N3O4/c1-3-5-6-13-18-39(43(48)49-4-2)50-36-27-28-37(38(47)29-36)42-45-40(34-23-19-32(20-24-34)30-14-9-7-10-15-30)44-41(46-42)35-25-21-33(22-26-35)31-16-11-8-12-17-31;1-2-3-4-5-6-13-28-49-40(48)30-50-37-26-27-38(39(47)29-37)43-45-41(35-22-18-33(19-23-35)31-14-9-7-10-15-31)44-42(46-43)36-24-20-34(21-25-36)32-16-11-8-12-17-32;1-3-44-38(43)25(2)45-32-22-23-33(34(42)24-32)37-40-35(30-18-14-28(15-19-30)26-10-6-4-7-11-26)39-36(41-37)31-20-16-29(17-21-31)27-12-8-5-9-13-27/h7-12,14-17,19-29,39,47H,3-6,13,18H2,1-2H3;7-12,14-27,29,47H,2-6,13,28,30H2,1H3;4-25,42H,3H2,1-2H3. The second kappa shape index (κ2) is 50.6. The lowest BCUT2D eigenvalue weighted by atomic mass is 10.0. The van der Waals surface area contributed by atoms with Gasteiger partial charge >= 0.3 is 17.9 Å². The van der Waals surface area contributed by atoms with E-state index in [9.17, 15) is 29.7 Å². The van der Waals surface area contributed by atoms with Crippen molar-refractivity contribution in [2.45, 2.75) is 117 Å². The highest BCUT2D eigenvalue weighted by atomic mass is 16.6. The molecule has 18 rings (SSSR count). The van der Waals surface area contributed by atoms with Crippen LogP contribution >= 0.6 is 0 Å². The highest BCUT2D eigenvalue weighted by Crippen LogP contribution is 2.40. The highest BCUT2D eigenvalue weighted by molar-refractivity contribution is 5.81. The minimum Gasteiger partial charge on any atom is -0.507 e. The summed E-state index contributed by atoms with van der Waals surface area (Å²) >= 11 is 0. The first-order valence-corrected chi connectivity index (χ1v) is 49.3. The number of hydrogen-bond donors (Lipinski definition) is 3. The quantitative estimate of drug-likeness (QED) is 0.0184. The molecule has 2 unspecified atom stereocenters. The molecule has 18 aromatic rings. The van der Waals surface area contributed by atoms with E-state index >= 15 is 0 Å². The van der Waals surface area contributed by atoms with Crippen LogP contribution in [0.2, 0.25) is 0 Å². The molecule has 3 N–H and O–H groups in total. The first-order chi connectivity index (χ1) is 71.1. The Kier molecular flexibility index (Phi) is 35.1. The number of aromatic hydroxyl groups is 3. The van der Waals surface area contributed by atoms with Crippen LogP contribution in [-0.2, 0) is 28.6 Å². The van der Waals surface area contributed by atoms with Crippen molar-refractivity contribution in [3.8, 4) is 204 Å². The summed E-state index contributed by atoms with van der Waals surface area (Å²) in [5.41, 5.74) is 19.3. The summed E-state index contributed by atoms with van der Waals surface area (Å²) in [4.78, 5) is 80.4. The zero-order chi connectivity index (χ0) is 100. The van der Waals surface area contributed by atoms with E-state index < -0.39 is 30.1 Å². The lowest BCUT2D eigenvalue weighted by Gasteiger charge is -2.18. The van der Waals surface area contributed by atoms with Crippen molar-refractivity contribution in [2.75, 3.05) is 26.4 Å². The van der Waals surface area contributed by atoms with Gasteiger partial charge in [-0.25, -0.2) is 59.2 Å². The molecule has 0 fully saturated rings. The summed E-state index contributed by atoms with van der Waals surface area (Å²) < 4.78 is 33.0. The van der Waals surface area contributed by atoms with E-state index in [0.29, 0.717) is 99.4 Å². The van der Waals surface area contributed by atoms with Crippen LogP contribution in [0.15, 0.2) is 382 Å². The molecule has 21 heteroatoms. The van der Waals surface area contributed by atoms with Crippen LogP contribution in [0.3, 0.4) is 0 Å². The zero-order valence-corrected chi connectivity index (χ0v) is 81.7. The largest absolute Gasteiger partial charge is 0.507 e. The molecular weight excluding hydrogens is 1810 g/mol. The first-order valence-electron chi connectivity index (χ1n) is 49.3. The van der Waals surface area contributed by atoms with Gasteiger partial charge in [-0.2, -0.15) is 0 Å². The molecule has 0 radical (unpaired) electrons. The van der Waals surface area contributed by atoms with Crippen molar-refractivity contribution in [1.29, 1.82) is 0 Å². The molecule has 0 saturated heterocycles. The average molecular weight is 1920 g/mol. The molecule has 0 amide bonds. The van der Waals surface area contributed by atoms with E-state index in [1.807, 2.05) is 255 Å². The van der Waals surface area contributed by atoms with E-state index in [0.717, 1.165) is 145 Å². The van der Waals surface area contributed by atoms with Gasteiger partial charge in [0.1, 0.15) is 34.5 Å². The van der Waals surface area contributed by atoms with E-state index in [1.54, 1.807) is 57.2 Å². The molecule has 21 nitrogen and oxygen atoms in total. The molecule has 726 valence electrons. The van der Waals surface area contributed by atoms with E-state index in [-0.39, 0.29) is 37.1 Å². The maximum absolute atomic E-state index is 12.7. The van der Waals surface area contributed by atoms with Crippen LogP contribution in [0.5, 0.6) is 34.5 Å². The fourth-order valence-corrected chi connectivity index (χ4v) is 16.4. The predicted octanol–water partition coefficient (Wildman–Crippen LogP) is 28.6. The Morgan fingerprint density at radius 1 is 0.248 bits per heavy atom. The van der Waals surface area contributed by atoms with Gasteiger partial charge in [-0.1, -0.05) is 393 Å². The van der Waals surface area contributed by atoms with Gasteiger partial charge < -0.3 is 43.7 Å². The molecule has 2 atom stereocenters. The van der Waals surface area contributed by atoms with Gasteiger partial charge in [-0.3, -0.25) is 0 Å². The van der Waals surface area contributed by atoms with Crippen LogP contribution < -0.4 is 14.2 Å². The fraction of sp³-hybridized carbons (Fsp3) is 0.177. The van der Waals surface area contributed by atoms with Gasteiger partial charge in [0.15, 0.2) is 71.2 Å². The molecule has 0 aliphatic carbocycles. The fourth-order valence-electron chi connectivity index (χ4n) is 16.4. The number of nitrogens with zero attached hydrogens (tertiary/aromatic N) is 9. The van der Waals surface area contributed by atoms with Gasteiger partial charge in [-0.15, -0.1) is 0 Å². The maximum Gasteiger partial charge on any atom is 0.347 e. The molecule has 145 heavy (non-hydrogen) atoms. The highest BCUT2D eigenvalue weighted by Gasteiger charge is 2.26. The van der Waals surface area contributed by atoms with Crippen molar-refractivity contribution < 1.29 is 58.1 Å². The molecular formula is C124H113N9O12. The number of phenols is 3. The lowest BCUT2D eigenvalue weighted by Crippen LogP contribution is -2.29. The molecule has 0 spiro atoms. The first kappa shape index (κ1) is 101. The minimum atomic E-state index is -0.830. The summed E-state index contributed by atoms with van der Waals surface area (Å²) in [6, 6.07) is 124. The Hall–Kier alpha value is -17.5. The number of aromatic nitrogens is 9. The smallest absolute Gasteiger partial charge is 0.347 e. The Morgan fingerprint density at radius 2 is 0.490 bits per heavy atom. The maximum atomic E-state index is 12.7. The third-order valence-corrected chi connectivity index (χ3v) is 24.2. The number of unbranched alkanes of at least 4 members (excludes halogenated alkanes) is 8.